The highest BCUT2D eigenvalue weighted by atomic mass is 79.9. The number of rotatable bonds is 3. The highest BCUT2D eigenvalue weighted by molar-refractivity contribution is 9.10. The molecule has 0 bridgehead atoms. The highest BCUT2D eigenvalue weighted by Crippen LogP contribution is 2.15. The van der Waals surface area contributed by atoms with E-state index >= 15 is 0 Å². The predicted molar refractivity (Wildman–Crippen MR) is 81.7 cm³/mol. The molecule has 0 aliphatic carbocycles. The molecule has 1 heterocycles. The zero-order valence-corrected chi connectivity index (χ0v) is 13.6. The fourth-order valence-electron chi connectivity index (χ4n) is 1.47. The minimum Gasteiger partial charge on any atom is -0.462 e. The smallest absolute Gasteiger partial charge is 0.293 e. The van der Waals surface area contributed by atoms with Crippen molar-refractivity contribution >= 4 is 28.2 Å². The third kappa shape index (κ3) is 5.84. The SMILES string of the molecule is CC(C)(C)OC=O.O=C(c1ccc(Br)cc1)C1CNC1. The van der Waals surface area contributed by atoms with Crippen molar-refractivity contribution in [2.75, 3.05) is 13.1 Å². The van der Waals surface area contributed by atoms with Crippen LogP contribution in [0.15, 0.2) is 28.7 Å². The molecule has 0 aromatic heterocycles. The Bertz CT molecular complexity index is 447. The Morgan fingerprint density at radius 1 is 1.30 bits per heavy atom. The summed E-state index contributed by atoms with van der Waals surface area (Å²) in [5.74, 6) is 0.451. The number of carbonyl (C=O) groups is 2. The first-order chi connectivity index (χ1) is 9.33. The van der Waals surface area contributed by atoms with Gasteiger partial charge < -0.3 is 10.1 Å². The number of ketones is 1. The van der Waals surface area contributed by atoms with Crippen LogP contribution in [0, 0.1) is 5.92 Å². The summed E-state index contributed by atoms with van der Waals surface area (Å²) in [7, 11) is 0. The minimum atomic E-state index is -0.318. The summed E-state index contributed by atoms with van der Waals surface area (Å²) >= 11 is 3.34. The lowest BCUT2D eigenvalue weighted by atomic mass is 9.93. The topological polar surface area (TPSA) is 55.4 Å². The number of hydrogen-bond acceptors (Lipinski definition) is 4. The Kier molecular flexibility index (Phi) is 6.36. The van der Waals surface area contributed by atoms with Gasteiger partial charge in [-0.2, -0.15) is 0 Å². The maximum absolute atomic E-state index is 11.7. The van der Waals surface area contributed by atoms with Gasteiger partial charge in [0, 0.05) is 29.0 Å². The Labute approximate surface area is 128 Å². The first-order valence-electron chi connectivity index (χ1n) is 6.45. The number of halogens is 1. The van der Waals surface area contributed by atoms with Crippen LogP contribution < -0.4 is 5.32 Å². The van der Waals surface area contributed by atoms with Crippen molar-refractivity contribution in [1.29, 1.82) is 0 Å². The fourth-order valence-corrected chi connectivity index (χ4v) is 1.73. The molecule has 1 aliphatic heterocycles. The van der Waals surface area contributed by atoms with Gasteiger partial charge in [-0.3, -0.25) is 9.59 Å². The largest absolute Gasteiger partial charge is 0.462 e. The van der Waals surface area contributed by atoms with Gasteiger partial charge in [0.1, 0.15) is 5.60 Å². The lowest BCUT2D eigenvalue weighted by Crippen LogP contribution is -2.46. The molecule has 5 heteroatoms. The highest BCUT2D eigenvalue weighted by Gasteiger charge is 2.25. The molecule has 1 aliphatic rings. The number of hydrogen-bond donors (Lipinski definition) is 1. The van der Waals surface area contributed by atoms with Gasteiger partial charge >= 0.3 is 0 Å². The predicted octanol–water partition coefficient (Wildman–Crippen LogP) is 2.81. The van der Waals surface area contributed by atoms with Crippen LogP contribution in [0.1, 0.15) is 31.1 Å². The average Bonchev–Trinajstić information content (AvgIpc) is 2.26. The maximum Gasteiger partial charge on any atom is 0.293 e. The average molecular weight is 342 g/mol. The van der Waals surface area contributed by atoms with E-state index in [1.54, 1.807) is 0 Å². The second-order valence-electron chi connectivity index (χ2n) is 5.55. The van der Waals surface area contributed by atoms with E-state index in [9.17, 15) is 9.59 Å². The van der Waals surface area contributed by atoms with Crippen LogP contribution in [0.3, 0.4) is 0 Å². The van der Waals surface area contributed by atoms with Gasteiger partial charge in [-0.15, -0.1) is 0 Å². The van der Waals surface area contributed by atoms with Crippen molar-refractivity contribution in [3.05, 3.63) is 34.3 Å². The van der Waals surface area contributed by atoms with Gasteiger partial charge in [0.15, 0.2) is 5.78 Å². The lowest BCUT2D eigenvalue weighted by molar-refractivity contribution is -0.138. The molecule has 110 valence electrons. The summed E-state index contributed by atoms with van der Waals surface area (Å²) in [5.41, 5.74) is 0.497. The van der Waals surface area contributed by atoms with E-state index in [1.807, 2.05) is 45.0 Å². The molecule has 4 nitrogen and oxygen atoms in total. The fraction of sp³-hybridized carbons (Fsp3) is 0.467. The number of nitrogens with one attached hydrogen (secondary N) is 1. The monoisotopic (exact) mass is 341 g/mol. The molecule has 1 N–H and O–H groups in total. The third-order valence-corrected chi connectivity index (χ3v) is 3.21. The van der Waals surface area contributed by atoms with Crippen molar-refractivity contribution in [2.45, 2.75) is 26.4 Å². The van der Waals surface area contributed by atoms with E-state index in [4.69, 9.17) is 0 Å². The Morgan fingerprint density at radius 3 is 2.15 bits per heavy atom. The van der Waals surface area contributed by atoms with Gasteiger partial charge in [0.25, 0.3) is 6.47 Å². The van der Waals surface area contributed by atoms with Crippen LogP contribution in [-0.2, 0) is 9.53 Å². The molecule has 2 rings (SSSR count). The lowest BCUT2D eigenvalue weighted by Gasteiger charge is -2.25. The first-order valence-corrected chi connectivity index (χ1v) is 7.25. The Hall–Kier alpha value is -1.20. The molecule has 1 fully saturated rings. The molecule has 0 unspecified atom stereocenters. The second kappa shape index (κ2) is 7.55. The zero-order valence-electron chi connectivity index (χ0n) is 12.0. The van der Waals surface area contributed by atoms with Crippen LogP contribution in [0.4, 0.5) is 0 Å². The Balaban J connectivity index is 0.000000246. The normalized spacial score (nSPS) is 14.6. The van der Waals surface area contributed by atoms with Crippen LogP contribution in [0.5, 0.6) is 0 Å². The van der Waals surface area contributed by atoms with Crippen molar-refractivity contribution in [3.63, 3.8) is 0 Å². The second-order valence-corrected chi connectivity index (χ2v) is 6.47. The van der Waals surface area contributed by atoms with Gasteiger partial charge in [-0.1, -0.05) is 28.1 Å². The summed E-state index contributed by atoms with van der Waals surface area (Å²) in [6.07, 6.45) is 0. The number of ether oxygens (including phenoxy) is 1. The quantitative estimate of drug-likeness (QED) is 0.678. The summed E-state index contributed by atoms with van der Waals surface area (Å²) in [6, 6.07) is 7.54. The van der Waals surface area contributed by atoms with Crippen molar-refractivity contribution < 1.29 is 14.3 Å². The molecule has 0 saturated carbocycles. The summed E-state index contributed by atoms with van der Waals surface area (Å²) in [5, 5.41) is 3.09. The standard InChI is InChI=1S/C10H10BrNO.C5H10O2/c11-9-3-1-7(2-4-9)10(13)8-5-12-6-8;1-5(2,3)7-4-6/h1-4,8,12H,5-6H2;4H,1-3H3. The summed E-state index contributed by atoms with van der Waals surface area (Å²) < 4.78 is 5.56. The molecule has 1 saturated heterocycles. The van der Waals surface area contributed by atoms with Crippen LogP contribution in [0.25, 0.3) is 0 Å². The zero-order chi connectivity index (χ0) is 15.2. The molecule has 20 heavy (non-hydrogen) atoms. The molecule has 0 radical (unpaired) electrons. The van der Waals surface area contributed by atoms with E-state index in [0.717, 1.165) is 23.1 Å². The molecular weight excluding hydrogens is 322 g/mol. The molecule has 0 amide bonds. The van der Waals surface area contributed by atoms with E-state index < -0.39 is 0 Å². The van der Waals surface area contributed by atoms with Crippen LogP contribution in [0.2, 0.25) is 0 Å². The van der Waals surface area contributed by atoms with Gasteiger partial charge in [-0.25, -0.2) is 0 Å². The molecule has 0 atom stereocenters. The molecule has 1 aromatic carbocycles. The minimum absolute atomic E-state index is 0.196. The maximum atomic E-state index is 11.7. The van der Waals surface area contributed by atoms with E-state index in [1.165, 1.54) is 0 Å². The van der Waals surface area contributed by atoms with E-state index in [0.29, 0.717) is 6.47 Å². The number of Topliss-reactive ketones (excluding diaryl/α,β-unsaturated/α-hetero) is 1. The molecule has 1 aromatic rings. The molecular formula is C15H20BrNO3. The third-order valence-electron chi connectivity index (χ3n) is 2.68. The number of carbonyl (C=O) groups excluding carboxylic acids is 2. The number of benzene rings is 1. The van der Waals surface area contributed by atoms with Crippen LogP contribution >= 0.6 is 15.9 Å². The van der Waals surface area contributed by atoms with Gasteiger partial charge in [-0.05, 0) is 32.9 Å². The van der Waals surface area contributed by atoms with E-state index in [-0.39, 0.29) is 17.3 Å². The van der Waals surface area contributed by atoms with Crippen molar-refractivity contribution in [1.82, 2.24) is 5.32 Å². The van der Waals surface area contributed by atoms with Gasteiger partial charge in [0.2, 0.25) is 0 Å². The summed E-state index contributed by atoms with van der Waals surface area (Å²) in [4.78, 5) is 21.3. The summed E-state index contributed by atoms with van der Waals surface area (Å²) in [6.45, 7) is 7.58. The molecule has 0 spiro atoms. The van der Waals surface area contributed by atoms with E-state index in [2.05, 4.69) is 26.0 Å². The first kappa shape index (κ1) is 16.9. The van der Waals surface area contributed by atoms with Gasteiger partial charge in [0.05, 0.1) is 0 Å². The van der Waals surface area contributed by atoms with Crippen LogP contribution in [-0.4, -0.2) is 30.9 Å². The van der Waals surface area contributed by atoms with Crippen molar-refractivity contribution in [2.24, 2.45) is 5.92 Å². The van der Waals surface area contributed by atoms with Crippen molar-refractivity contribution in [3.8, 4) is 0 Å². The Morgan fingerprint density at radius 2 is 1.85 bits per heavy atom.